The first-order valence-corrected chi connectivity index (χ1v) is 6.22. The largest absolute Gasteiger partial charge is 0.476 e. The minimum absolute atomic E-state index is 0.00964. The topological polar surface area (TPSA) is 105 Å². The van der Waals surface area contributed by atoms with Gasteiger partial charge in [0, 0.05) is 18.7 Å². The van der Waals surface area contributed by atoms with Gasteiger partial charge in [-0.2, -0.15) is 0 Å². The molecule has 0 spiro atoms. The maximum atomic E-state index is 10.9. The molecule has 2 rings (SSSR count). The monoisotopic (exact) mass is 307 g/mol. The Hall–Kier alpha value is -2.67. The lowest BCUT2D eigenvalue weighted by Crippen LogP contribution is -2.06. The van der Waals surface area contributed by atoms with Crippen LogP contribution >= 0.6 is 11.6 Å². The fourth-order valence-corrected chi connectivity index (χ4v) is 1.85. The predicted molar refractivity (Wildman–Crippen MR) is 76.6 cm³/mol. The second-order valence-corrected chi connectivity index (χ2v) is 4.52. The summed E-state index contributed by atoms with van der Waals surface area (Å²) in [6.07, 6.45) is 0. The van der Waals surface area contributed by atoms with Gasteiger partial charge in [0.15, 0.2) is 5.69 Å². The number of aromatic nitrogens is 1. The Morgan fingerprint density at radius 1 is 1.38 bits per heavy atom. The minimum Gasteiger partial charge on any atom is -0.476 e. The van der Waals surface area contributed by atoms with Crippen LogP contribution in [0.3, 0.4) is 0 Å². The highest BCUT2D eigenvalue weighted by atomic mass is 35.5. The smallest absolute Gasteiger partial charge is 0.356 e. The number of benzene rings is 1. The van der Waals surface area contributed by atoms with Crippen LogP contribution in [-0.4, -0.2) is 21.0 Å². The molecule has 8 heteroatoms. The number of hydrogen-bond acceptors (Lipinski definition) is 5. The number of nitrogens with zero attached hydrogens (tertiary/aromatic N) is 2. The zero-order valence-corrected chi connectivity index (χ0v) is 11.4. The van der Waals surface area contributed by atoms with Crippen molar-refractivity contribution in [2.75, 3.05) is 5.32 Å². The molecule has 1 aromatic carbocycles. The molecule has 2 aromatic rings. The quantitative estimate of drug-likeness (QED) is 0.650. The van der Waals surface area contributed by atoms with E-state index in [9.17, 15) is 14.9 Å². The minimum atomic E-state index is -1.22. The lowest BCUT2D eigenvalue weighted by atomic mass is 10.2. The molecule has 1 heterocycles. The van der Waals surface area contributed by atoms with Gasteiger partial charge in [-0.25, -0.2) is 9.78 Å². The van der Waals surface area contributed by atoms with E-state index < -0.39 is 10.9 Å². The number of aromatic carboxylic acids is 1. The van der Waals surface area contributed by atoms with Crippen molar-refractivity contribution >= 4 is 29.1 Å². The number of nitro groups is 1. The van der Waals surface area contributed by atoms with Gasteiger partial charge in [0.1, 0.15) is 5.82 Å². The molecule has 1 aromatic heterocycles. The second-order valence-electron chi connectivity index (χ2n) is 4.11. The third kappa shape index (κ3) is 3.67. The van der Waals surface area contributed by atoms with Crippen LogP contribution in [0.2, 0.25) is 5.02 Å². The summed E-state index contributed by atoms with van der Waals surface area (Å²) < 4.78 is 0. The van der Waals surface area contributed by atoms with Crippen LogP contribution in [0.25, 0.3) is 0 Å². The third-order valence-electron chi connectivity index (χ3n) is 2.64. The van der Waals surface area contributed by atoms with Gasteiger partial charge in [-0.05, 0) is 17.7 Å². The van der Waals surface area contributed by atoms with Gasteiger partial charge in [0.05, 0.1) is 9.95 Å². The van der Waals surface area contributed by atoms with Crippen LogP contribution in [0.15, 0.2) is 36.4 Å². The number of non-ortho nitro benzene ring substituents is 1. The molecule has 0 aliphatic heterocycles. The molecule has 0 saturated heterocycles. The highest BCUT2D eigenvalue weighted by Crippen LogP contribution is 2.18. The molecule has 0 aliphatic carbocycles. The molecular formula is C13H10ClN3O4. The van der Waals surface area contributed by atoms with Crippen molar-refractivity contribution in [3.05, 3.63) is 62.8 Å². The number of nitro benzene ring substituents is 1. The van der Waals surface area contributed by atoms with Crippen LogP contribution in [0.5, 0.6) is 0 Å². The first kappa shape index (κ1) is 14.7. The fourth-order valence-electron chi connectivity index (χ4n) is 1.66. The SMILES string of the molecule is O=C(O)c1nc(NCc2cccc([N+](=O)[O-])c2)ccc1Cl. The molecule has 0 bridgehead atoms. The van der Waals surface area contributed by atoms with Crippen LogP contribution < -0.4 is 5.32 Å². The Kier molecular flexibility index (Phi) is 4.34. The number of carbonyl (C=O) groups is 1. The van der Waals surface area contributed by atoms with Gasteiger partial charge in [-0.3, -0.25) is 10.1 Å². The molecule has 7 nitrogen and oxygen atoms in total. The van der Waals surface area contributed by atoms with Crippen molar-refractivity contribution in [2.24, 2.45) is 0 Å². The van der Waals surface area contributed by atoms with Crippen LogP contribution in [0, 0.1) is 10.1 Å². The normalized spacial score (nSPS) is 10.1. The van der Waals surface area contributed by atoms with Gasteiger partial charge < -0.3 is 10.4 Å². The predicted octanol–water partition coefficient (Wildman–Crippen LogP) is 2.95. The van der Waals surface area contributed by atoms with E-state index >= 15 is 0 Å². The van der Waals surface area contributed by atoms with E-state index in [-0.39, 0.29) is 22.9 Å². The molecule has 2 N–H and O–H groups in total. The van der Waals surface area contributed by atoms with Crippen LogP contribution in [0.4, 0.5) is 11.5 Å². The number of hydrogen-bond donors (Lipinski definition) is 2. The van der Waals surface area contributed by atoms with Crippen LogP contribution in [0.1, 0.15) is 16.1 Å². The van der Waals surface area contributed by atoms with Crippen molar-refractivity contribution in [3.63, 3.8) is 0 Å². The second kappa shape index (κ2) is 6.19. The summed E-state index contributed by atoms with van der Waals surface area (Å²) in [5.41, 5.74) is 0.420. The average molecular weight is 308 g/mol. The Labute approximate surface area is 124 Å². The van der Waals surface area contributed by atoms with E-state index in [0.29, 0.717) is 11.4 Å². The molecule has 0 atom stereocenters. The number of anilines is 1. The molecule has 0 radical (unpaired) electrons. The third-order valence-corrected chi connectivity index (χ3v) is 2.95. The van der Waals surface area contributed by atoms with E-state index in [1.165, 1.54) is 24.3 Å². The van der Waals surface area contributed by atoms with Gasteiger partial charge >= 0.3 is 5.97 Å². The van der Waals surface area contributed by atoms with Gasteiger partial charge in [0.2, 0.25) is 0 Å². The number of rotatable bonds is 5. The molecule has 0 unspecified atom stereocenters. The fraction of sp³-hybridized carbons (Fsp3) is 0.0769. The first-order valence-electron chi connectivity index (χ1n) is 5.84. The Morgan fingerprint density at radius 2 is 2.14 bits per heavy atom. The summed E-state index contributed by atoms with van der Waals surface area (Å²) in [5, 5.41) is 22.5. The van der Waals surface area contributed by atoms with Crippen molar-refractivity contribution in [2.45, 2.75) is 6.54 Å². The van der Waals surface area contributed by atoms with Crippen molar-refractivity contribution < 1.29 is 14.8 Å². The maximum absolute atomic E-state index is 10.9. The number of carboxylic acids is 1. The number of pyridine rings is 1. The molecular weight excluding hydrogens is 298 g/mol. The summed E-state index contributed by atoms with van der Waals surface area (Å²) in [5.74, 6) is -0.901. The lowest BCUT2D eigenvalue weighted by Gasteiger charge is -2.07. The number of halogens is 1. The number of carboxylic acid groups (broad SMARTS) is 1. The summed E-state index contributed by atoms with van der Waals surface area (Å²) >= 11 is 5.72. The average Bonchev–Trinajstić information content (AvgIpc) is 2.46. The zero-order valence-electron chi connectivity index (χ0n) is 10.6. The van der Waals surface area contributed by atoms with Gasteiger partial charge in [-0.1, -0.05) is 23.7 Å². The van der Waals surface area contributed by atoms with Gasteiger partial charge in [0.25, 0.3) is 5.69 Å². The van der Waals surface area contributed by atoms with E-state index in [2.05, 4.69) is 10.3 Å². The number of nitrogens with one attached hydrogen (secondary N) is 1. The first-order chi connectivity index (χ1) is 9.97. The molecule has 0 amide bonds. The highest BCUT2D eigenvalue weighted by Gasteiger charge is 2.11. The zero-order chi connectivity index (χ0) is 15.4. The highest BCUT2D eigenvalue weighted by molar-refractivity contribution is 6.33. The Morgan fingerprint density at radius 3 is 2.81 bits per heavy atom. The van der Waals surface area contributed by atoms with Crippen molar-refractivity contribution in [3.8, 4) is 0 Å². The maximum Gasteiger partial charge on any atom is 0.356 e. The van der Waals surface area contributed by atoms with Gasteiger partial charge in [-0.15, -0.1) is 0 Å². The van der Waals surface area contributed by atoms with E-state index in [1.54, 1.807) is 12.1 Å². The molecule has 108 valence electrons. The lowest BCUT2D eigenvalue weighted by molar-refractivity contribution is -0.384. The van der Waals surface area contributed by atoms with E-state index in [1.807, 2.05) is 0 Å². The summed E-state index contributed by atoms with van der Waals surface area (Å²) in [6.45, 7) is 0.273. The van der Waals surface area contributed by atoms with E-state index in [4.69, 9.17) is 16.7 Å². The molecule has 0 saturated carbocycles. The van der Waals surface area contributed by atoms with E-state index in [0.717, 1.165) is 0 Å². The molecule has 0 fully saturated rings. The van der Waals surface area contributed by atoms with Crippen molar-refractivity contribution in [1.29, 1.82) is 0 Å². The summed E-state index contributed by atoms with van der Waals surface area (Å²) in [6, 6.07) is 9.08. The van der Waals surface area contributed by atoms with Crippen LogP contribution in [-0.2, 0) is 6.54 Å². The molecule has 0 aliphatic rings. The van der Waals surface area contributed by atoms with Crippen molar-refractivity contribution in [1.82, 2.24) is 4.98 Å². The standard InChI is InChI=1S/C13H10ClN3O4/c14-10-4-5-11(16-12(10)13(18)19)15-7-8-2-1-3-9(6-8)17(20)21/h1-6H,7H2,(H,15,16)(H,18,19). The Balaban J connectivity index is 2.13. The summed E-state index contributed by atoms with van der Waals surface area (Å²) in [7, 11) is 0. The molecule has 21 heavy (non-hydrogen) atoms. The summed E-state index contributed by atoms with van der Waals surface area (Å²) in [4.78, 5) is 25.0. The Bertz CT molecular complexity index is 706.